The second-order valence-corrected chi connectivity index (χ2v) is 8.97. The molecule has 0 spiro atoms. The lowest BCUT2D eigenvalue weighted by Crippen LogP contribution is -2.34. The van der Waals surface area contributed by atoms with Crippen LogP contribution in [0.1, 0.15) is 53.2 Å². The third-order valence-electron chi connectivity index (χ3n) is 6.78. The molecule has 31 heavy (non-hydrogen) atoms. The van der Waals surface area contributed by atoms with Crippen molar-refractivity contribution in [2.45, 2.75) is 38.1 Å². The highest BCUT2D eigenvalue weighted by atomic mass is 19.1. The van der Waals surface area contributed by atoms with Crippen LogP contribution in [0.25, 0.3) is 10.9 Å². The molecule has 5 rings (SSSR count). The number of benzene rings is 1. The molecule has 1 unspecified atom stereocenters. The quantitative estimate of drug-likeness (QED) is 0.631. The Labute approximate surface area is 182 Å². The molecular weight excluding hydrogens is 391 g/mol. The van der Waals surface area contributed by atoms with Crippen molar-refractivity contribution >= 4 is 16.8 Å². The molecule has 4 heterocycles. The second kappa shape index (κ2) is 8.42. The fourth-order valence-corrected chi connectivity index (χ4v) is 5.13. The van der Waals surface area contributed by atoms with Gasteiger partial charge in [-0.2, -0.15) is 0 Å². The van der Waals surface area contributed by atoms with Crippen LogP contribution in [0.2, 0.25) is 0 Å². The number of carbonyl (C=O) groups is 1. The summed E-state index contributed by atoms with van der Waals surface area (Å²) in [6.07, 6.45) is 8.27. The Morgan fingerprint density at radius 2 is 1.97 bits per heavy atom. The number of hydrogen-bond acceptors (Lipinski definition) is 3. The average Bonchev–Trinajstić information content (AvgIpc) is 3.42. The number of rotatable bonds is 4. The third kappa shape index (κ3) is 4.09. The molecule has 5 nitrogen and oxygen atoms in total. The second-order valence-electron chi connectivity index (χ2n) is 8.97. The molecule has 2 aliphatic heterocycles. The van der Waals surface area contributed by atoms with Gasteiger partial charge in [-0.3, -0.25) is 14.7 Å². The van der Waals surface area contributed by atoms with Gasteiger partial charge in [0.2, 0.25) is 0 Å². The van der Waals surface area contributed by atoms with Crippen molar-refractivity contribution in [1.29, 1.82) is 0 Å². The van der Waals surface area contributed by atoms with Crippen LogP contribution in [-0.4, -0.2) is 51.4 Å². The number of nitrogens with zero attached hydrogens (tertiary/aromatic N) is 4. The predicted octanol–water partition coefficient (Wildman–Crippen LogP) is 4.33. The number of hydrogen-bond donors (Lipinski definition) is 0. The topological polar surface area (TPSA) is 41.4 Å². The first kappa shape index (κ1) is 20.2. The van der Waals surface area contributed by atoms with Gasteiger partial charge >= 0.3 is 0 Å². The SMILES string of the molecule is Cn1cc(CN2CCCC(c3ccc(C(=O)N4CCCC4)cn3)C2)c2cc(F)ccc21. The average molecular weight is 421 g/mol. The van der Waals surface area contributed by atoms with Crippen molar-refractivity contribution in [2.24, 2.45) is 7.05 Å². The van der Waals surface area contributed by atoms with E-state index in [-0.39, 0.29) is 11.7 Å². The van der Waals surface area contributed by atoms with Gasteiger partial charge in [0.25, 0.3) is 5.91 Å². The lowest BCUT2D eigenvalue weighted by Gasteiger charge is -2.32. The predicted molar refractivity (Wildman–Crippen MR) is 120 cm³/mol. The largest absolute Gasteiger partial charge is 0.350 e. The number of carbonyl (C=O) groups excluding carboxylic acids is 1. The zero-order valence-electron chi connectivity index (χ0n) is 18.1. The summed E-state index contributed by atoms with van der Waals surface area (Å²) >= 11 is 0. The molecule has 162 valence electrons. The van der Waals surface area contributed by atoms with Crippen LogP contribution >= 0.6 is 0 Å². The van der Waals surface area contributed by atoms with Gasteiger partial charge in [0.15, 0.2) is 0 Å². The van der Waals surface area contributed by atoms with Gasteiger partial charge in [0.05, 0.1) is 5.56 Å². The maximum absolute atomic E-state index is 13.8. The van der Waals surface area contributed by atoms with Crippen molar-refractivity contribution in [1.82, 2.24) is 19.4 Å². The number of aryl methyl sites for hydroxylation is 1. The number of halogens is 1. The Balaban J connectivity index is 1.28. The van der Waals surface area contributed by atoms with E-state index in [9.17, 15) is 9.18 Å². The summed E-state index contributed by atoms with van der Waals surface area (Å²) in [4.78, 5) is 21.6. The zero-order valence-corrected chi connectivity index (χ0v) is 18.1. The van der Waals surface area contributed by atoms with Gasteiger partial charge in [-0.25, -0.2) is 4.39 Å². The number of pyridine rings is 1. The summed E-state index contributed by atoms with van der Waals surface area (Å²) in [5.41, 5.74) is 3.98. The lowest BCUT2D eigenvalue weighted by atomic mass is 9.93. The van der Waals surface area contributed by atoms with Crippen LogP contribution in [0.4, 0.5) is 4.39 Å². The molecule has 3 aromatic rings. The first-order chi connectivity index (χ1) is 15.1. The van der Waals surface area contributed by atoms with Gasteiger partial charge < -0.3 is 9.47 Å². The van der Waals surface area contributed by atoms with Crippen LogP contribution in [0.3, 0.4) is 0 Å². The minimum Gasteiger partial charge on any atom is -0.350 e. The monoisotopic (exact) mass is 420 g/mol. The molecule has 2 aromatic heterocycles. The Bertz CT molecular complexity index is 1080. The van der Waals surface area contributed by atoms with Crippen LogP contribution in [-0.2, 0) is 13.6 Å². The van der Waals surface area contributed by atoms with E-state index < -0.39 is 0 Å². The number of piperidine rings is 1. The van der Waals surface area contributed by atoms with E-state index in [1.54, 1.807) is 12.3 Å². The summed E-state index contributed by atoms with van der Waals surface area (Å²) in [7, 11) is 2.01. The van der Waals surface area contributed by atoms with Crippen LogP contribution in [0.15, 0.2) is 42.7 Å². The molecule has 2 aliphatic rings. The maximum atomic E-state index is 13.8. The number of likely N-dealkylation sites (tertiary alicyclic amines) is 2. The van der Waals surface area contributed by atoms with Crippen LogP contribution in [0.5, 0.6) is 0 Å². The van der Waals surface area contributed by atoms with Gasteiger partial charge in [-0.15, -0.1) is 0 Å². The fourth-order valence-electron chi connectivity index (χ4n) is 5.13. The van der Waals surface area contributed by atoms with Crippen LogP contribution in [0, 0.1) is 5.82 Å². The van der Waals surface area contributed by atoms with E-state index in [2.05, 4.69) is 20.6 Å². The van der Waals surface area contributed by atoms with Crippen molar-refractivity contribution in [3.63, 3.8) is 0 Å². The highest BCUT2D eigenvalue weighted by Crippen LogP contribution is 2.29. The summed E-state index contributed by atoms with van der Waals surface area (Å²) in [5.74, 6) is 0.269. The van der Waals surface area contributed by atoms with Crippen molar-refractivity contribution in [2.75, 3.05) is 26.2 Å². The molecule has 1 atom stereocenters. The molecule has 1 amide bonds. The van der Waals surface area contributed by atoms with Crippen molar-refractivity contribution in [3.8, 4) is 0 Å². The lowest BCUT2D eigenvalue weighted by molar-refractivity contribution is 0.0792. The maximum Gasteiger partial charge on any atom is 0.255 e. The minimum absolute atomic E-state index is 0.102. The van der Waals surface area contributed by atoms with E-state index in [1.165, 1.54) is 6.07 Å². The molecule has 0 aliphatic carbocycles. The van der Waals surface area contributed by atoms with Crippen molar-refractivity contribution in [3.05, 3.63) is 65.4 Å². The molecular formula is C25H29FN4O. The summed E-state index contributed by atoms with van der Waals surface area (Å²) in [5, 5.41) is 0.993. The molecule has 1 aromatic carbocycles. The van der Waals surface area contributed by atoms with E-state index >= 15 is 0 Å². The molecule has 0 radical (unpaired) electrons. The van der Waals surface area contributed by atoms with Gasteiger partial charge in [-0.05, 0) is 68.1 Å². The summed E-state index contributed by atoms with van der Waals surface area (Å²) in [6, 6.07) is 8.98. The highest BCUT2D eigenvalue weighted by molar-refractivity contribution is 5.94. The molecule has 0 saturated carbocycles. The smallest absolute Gasteiger partial charge is 0.255 e. The van der Waals surface area contributed by atoms with Crippen LogP contribution < -0.4 is 0 Å². The van der Waals surface area contributed by atoms with E-state index in [4.69, 9.17) is 0 Å². The molecule has 2 saturated heterocycles. The van der Waals surface area contributed by atoms with Gasteiger partial charge in [0.1, 0.15) is 5.82 Å². The Hall–Kier alpha value is -2.73. The first-order valence-corrected chi connectivity index (χ1v) is 11.3. The fraction of sp³-hybridized carbons (Fsp3) is 0.440. The molecule has 0 bridgehead atoms. The third-order valence-corrected chi connectivity index (χ3v) is 6.78. The Morgan fingerprint density at radius 1 is 1.13 bits per heavy atom. The zero-order chi connectivity index (χ0) is 21.4. The molecule has 6 heteroatoms. The minimum atomic E-state index is -0.191. The molecule has 0 N–H and O–H groups in total. The van der Waals surface area contributed by atoms with Gasteiger partial charge in [0, 0.05) is 68.1 Å². The number of fused-ring (bicyclic) bond motifs is 1. The van der Waals surface area contributed by atoms with Crippen molar-refractivity contribution < 1.29 is 9.18 Å². The Kier molecular flexibility index (Phi) is 5.48. The summed E-state index contributed by atoms with van der Waals surface area (Å²) < 4.78 is 15.9. The number of aromatic nitrogens is 2. The number of amides is 1. The normalized spacial score (nSPS) is 19.9. The first-order valence-electron chi connectivity index (χ1n) is 11.3. The molecule has 2 fully saturated rings. The van der Waals surface area contributed by atoms with E-state index in [0.29, 0.717) is 11.5 Å². The standard InChI is InChI=1S/C25H29FN4O/c1-28-15-20(22-13-21(26)7-9-24(22)28)17-29-10-4-5-19(16-29)23-8-6-18(14-27-23)25(31)30-11-2-3-12-30/h6-9,13-15,19H,2-5,10-12,16-17H2,1H3. The Morgan fingerprint density at radius 3 is 2.74 bits per heavy atom. The van der Waals surface area contributed by atoms with E-state index in [1.807, 2.05) is 30.1 Å². The highest BCUT2D eigenvalue weighted by Gasteiger charge is 2.25. The summed E-state index contributed by atoms with van der Waals surface area (Å²) in [6.45, 7) is 4.49. The van der Waals surface area contributed by atoms with Gasteiger partial charge in [-0.1, -0.05) is 0 Å². The van der Waals surface area contributed by atoms with E-state index in [0.717, 1.165) is 80.6 Å².